The van der Waals surface area contributed by atoms with Gasteiger partial charge in [0.1, 0.15) is 17.4 Å². The quantitative estimate of drug-likeness (QED) is 0.214. The second-order valence-corrected chi connectivity index (χ2v) is 10.0. The van der Waals surface area contributed by atoms with Gasteiger partial charge in [-0.1, -0.05) is 55.2 Å². The summed E-state index contributed by atoms with van der Waals surface area (Å²) in [7, 11) is 1.66. The van der Waals surface area contributed by atoms with Gasteiger partial charge in [0.2, 0.25) is 0 Å². The van der Waals surface area contributed by atoms with E-state index >= 15 is 0 Å². The zero-order chi connectivity index (χ0) is 26.6. The predicted molar refractivity (Wildman–Crippen MR) is 155 cm³/mol. The van der Waals surface area contributed by atoms with E-state index in [1.807, 2.05) is 24.3 Å². The minimum Gasteiger partial charge on any atom is -0.497 e. The van der Waals surface area contributed by atoms with Crippen molar-refractivity contribution in [3.63, 3.8) is 0 Å². The van der Waals surface area contributed by atoms with Gasteiger partial charge in [-0.3, -0.25) is 4.90 Å². The van der Waals surface area contributed by atoms with Gasteiger partial charge in [-0.25, -0.2) is 0 Å². The molecule has 38 heavy (non-hydrogen) atoms. The molecule has 1 aromatic heterocycles. The van der Waals surface area contributed by atoms with E-state index in [4.69, 9.17) is 14.9 Å². The number of piperidine rings is 1. The smallest absolute Gasteiger partial charge is 0.320 e. The highest BCUT2D eigenvalue weighted by Gasteiger charge is 2.17. The molecule has 0 bridgehead atoms. The van der Waals surface area contributed by atoms with Crippen molar-refractivity contribution in [2.45, 2.75) is 58.4 Å². The summed E-state index contributed by atoms with van der Waals surface area (Å²) in [6, 6.07) is 8.22. The summed E-state index contributed by atoms with van der Waals surface area (Å²) in [5.74, 6) is 2.02. The lowest BCUT2D eigenvalue weighted by Gasteiger charge is -2.28. The van der Waals surface area contributed by atoms with Crippen LogP contribution in [0.2, 0.25) is 0 Å². The zero-order valence-electron chi connectivity index (χ0n) is 22.9. The summed E-state index contributed by atoms with van der Waals surface area (Å²) < 4.78 is 11.1. The van der Waals surface area contributed by atoms with Crippen molar-refractivity contribution >= 4 is 17.9 Å². The number of aromatic nitrogens is 2. The van der Waals surface area contributed by atoms with Gasteiger partial charge < -0.3 is 25.5 Å². The largest absolute Gasteiger partial charge is 0.497 e. The lowest BCUT2D eigenvalue weighted by molar-refractivity contribution is 0.244. The van der Waals surface area contributed by atoms with Crippen molar-refractivity contribution in [1.29, 1.82) is 5.41 Å². The molecular formula is C30H42N6O2. The number of unbranched alkanes of at least 4 members (excludes halogenated alkanes) is 1. The summed E-state index contributed by atoms with van der Waals surface area (Å²) in [5.41, 5.74) is 4.57. The Balaban J connectivity index is 1.44. The first-order valence-electron chi connectivity index (χ1n) is 13.9. The first-order valence-corrected chi connectivity index (χ1v) is 13.9. The summed E-state index contributed by atoms with van der Waals surface area (Å²) in [4.78, 5) is 11.8. The molecule has 0 saturated carbocycles. The molecule has 8 nitrogen and oxygen atoms in total. The third-order valence-corrected chi connectivity index (χ3v) is 7.10. The van der Waals surface area contributed by atoms with E-state index in [0.29, 0.717) is 42.9 Å². The number of allylic oxidation sites excluding steroid dienone is 2. The number of hydrogen-bond donors (Lipinski definition) is 3. The monoisotopic (exact) mass is 518 g/mol. The molecular weight excluding hydrogens is 476 g/mol. The highest BCUT2D eigenvalue weighted by Crippen LogP contribution is 2.26. The molecule has 204 valence electrons. The van der Waals surface area contributed by atoms with Crippen molar-refractivity contribution in [3.05, 3.63) is 58.7 Å². The number of likely N-dealkylation sites (tertiary alicyclic amines) is 1. The summed E-state index contributed by atoms with van der Waals surface area (Å²) in [6.45, 7) is 7.49. The first kappa shape index (κ1) is 27.6. The van der Waals surface area contributed by atoms with Gasteiger partial charge in [0.25, 0.3) is 0 Å². The molecule has 0 radical (unpaired) electrons. The Labute approximate surface area is 227 Å². The molecule has 1 aromatic carbocycles. The van der Waals surface area contributed by atoms with Crippen molar-refractivity contribution in [2.24, 2.45) is 0 Å². The van der Waals surface area contributed by atoms with E-state index in [1.54, 1.807) is 7.11 Å². The maximum absolute atomic E-state index is 8.10. The van der Waals surface area contributed by atoms with E-state index in [1.165, 1.54) is 49.7 Å². The maximum Gasteiger partial charge on any atom is 0.320 e. The van der Waals surface area contributed by atoms with Crippen molar-refractivity contribution in [3.8, 4) is 11.8 Å². The fourth-order valence-corrected chi connectivity index (χ4v) is 4.76. The third-order valence-electron chi connectivity index (χ3n) is 7.10. The average Bonchev–Trinajstić information content (AvgIpc) is 2.96. The van der Waals surface area contributed by atoms with Crippen LogP contribution in [0.25, 0.3) is 0 Å². The maximum atomic E-state index is 8.10. The number of ether oxygens (including phenoxy) is 2. The Kier molecular flexibility index (Phi) is 10.6. The normalized spacial score (nSPS) is 15.8. The fraction of sp³-hybridized carbons (Fsp3) is 0.500. The number of rotatable bonds is 14. The molecule has 1 fully saturated rings. The van der Waals surface area contributed by atoms with Gasteiger partial charge in [0.05, 0.1) is 19.3 Å². The summed E-state index contributed by atoms with van der Waals surface area (Å²) in [6.07, 6.45) is 14.0. The Bertz CT molecular complexity index is 1110. The second-order valence-electron chi connectivity index (χ2n) is 10.0. The van der Waals surface area contributed by atoms with Crippen molar-refractivity contribution in [1.82, 2.24) is 14.9 Å². The number of nitrogens with one attached hydrogen (secondary N) is 3. The number of nitrogens with zero attached hydrogens (tertiary/aromatic N) is 3. The van der Waals surface area contributed by atoms with Crippen LogP contribution in [-0.4, -0.2) is 61.0 Å². The first-order chi connectivity index (χ1) is 18.7. The number of methoxy groups -OCH3 is 1. The van der Waals surface area contributed by atoms with Crippen LogP contribution in [0.4, 0.5) is 11.6 Å². The SMILES string of the molecule is CCCCOc1nc(NCC2=CC=C(CN3CCCCC3)CC2)c(C=N)c(NCc2ccc(OC)cc2)n1. The molecule has 8 heteroatoms. The lowest BCUT2D eigenvalue weighted by Crippen LogP contribution is -2.31. The molecule has 2 heterocycles. The van der Waals surface area contributed by atoms with E-state index < -0.39 is 0 Å². The molecule has 3 N–H and O–H groups in total. The van der Waals surface area contributed by atoms with E-state index in [-0.39, 0.29) is 0 Å². The van der Waals surface area contributed by atoms with Crippen LogP contribution >= 0.6 is 0 Å². The highest BCUT2D eigenvalue weighted by atomic mass is 16.5. The van der Waals surface area contributed by atoms with Gasteiger partial charge >= 0.3 is 6.01 Å². The van der Waals surface area contributed by atoms with Crippen LogP contribution in [0, 0.1) is 5.41 Å². The average molecular weight is 519 g/mol. The van der Waals surface area contributed by atoms with Crippen molar-refractivity contribution < 1.29 is 9.47 Å². The van der Waals surface area contributed by atoms with Crippen LogP contribution in [0.15, 0.2) is 47.6 Å². The van der Waals surface area contributed by atoms with E-state index in [2.05, 4.69) is 44.6 Å². The van der Waals surface area contributed by atoms with Crippen LogP contribution in [0.1, 0.15) is 63.0 Å². The third kappa shape index (κ3) is 8.05. The Morgan fingerprint density at radius 3 is 2.26 bits per heavy atom. The molecule has 2 aromatic rings. The van der Waals surface area contributed by atoms with Gasteiger partial charge in [-0.15, -0.1) is 0 Å². The van der Waals surface area contributed by atoms with Gasteiger partial charge in [0, 0.05) is 25.8 Å². The van der Waals surface area contributed by atoms with Crippen molar-refractivity contribution in [2.75, 3.05) is 50.5 Å². The van der Waals surface area contributed by atoms with E-state index in [9.17, 15) is 0 Å². The van der Waals surface area contributed by atoms with Gasteiger partial charge in [-0.05, 0) is 62.9 Å². The Morgan fingerprint density at radius 1 is 0.947 bits per heavy atom. The predicted octanol–water partition coefficient (Wildman–Crippen LogP) is 5.82. The van der Waals surface area contributed by atoms with Crippen LogP contribution in [0.3, 0.4) is 0 Å². The van der Waals surface area contributed by atoms with Gasteiger partial charge in [0.15, 0.2) is 0 Å². The summed E-state index contributed by atoms with van der Waals surface area (Å²) >= 11 is 0. The van der Waals surface area contributed by atoms with E-state index in [0.717, 1.165) is 43.5 Å². The molecule has 4 rings (SSSR count). The fourth-order valence-electron chi connectivity index (χ4n) is 4.76. The van der Waals surface area contributed by atoms with Crippen LogP contribution in [-0.2, 0) is 6.54 Å². The Morgan fingerprint density at radius 2 is 1.63 bits per heavy atom. The number of hydrogen-bond acceptors (Lipinski definition) is 8. The van der Waals surface area contributed by atoms with Crippen LogP contribution in [0.5, 0.6) is 11.8 Å². The summed E-state index contributed by atoms with van der Waals surface area (Å²) in [5, 5.41) is 14.9. The standard InChI is InChI=1S/C30H42N6O2/c1-3-4-18-38-30-34-28(27(19-31)29(35-30)33-21-24-12-14-26(37-2)15-13-24)32-20-23-8-10-25(11-9-23)22-36-16-6-5-7-17-36/h8,10,12-15,19,31H,3-7,9,11,16-18,20-22H2,1-2H3,(H2,32,33,34,35). The molecule has 0 unspecified atom stereocenters. The topological polar surface area (TPSA) is 95.4 Å². The second kappa shape index (κ2) is 14.5. The number of anilines is 2. The molecule has 1 saturated heterocycles. The molecule has 1 aliphatic heterocycles. The minimum atomic E-state index is 0.324. The highest BCUT2D eigenvalue weighted by molar-refractivity contribution is 5.91. The molecule has 1 aliphatic carbocycles. The Hall–Kier alpha value is -3.39. The molecule has 0 amide bonds. The van der Waals surface area contributed by atoms with Gasteiger partial charge in [-0.2, -0.15) is 9.97 Å². The zero-order valence-corrected chi connectivity index (χ0v) is 22.9. The molecule has 0 spiro atoms. The molecule has 2 aliphatic rings. The molecule has 0 atom stereocenters. The number of benzene rings is 1. The van der Waals surface area contributed by atoms with Crippen LogP contribution < -0.4 is 20.1 Å². The lowest BCUT2D eigenvalue weighted by atomic mass is 9.97. The minimum absolute atomic E-state index is 0.324.